The first-order chi connectivity index (χ1) is 61.2. The highest BCUT2D eigenvalue weighted by Gasteiger charge is 2.71. The number of likely N-dealkylation sites (tertiary alicyclic amines) is 2. The number of ether oxygens (including phenoxy) is 1. The first-order valence-electron chi connectivity index (χ1n) is 51.5. The number of rotatable bonds is 18. The largest absolute Gasteiger partial charge is 0.573 e. The smallest absolute Gasteiger partial charge is 0.406 e. The van der Waals surface area contributed by atoms with Crippen LogP contribution in [-0.4, -0.2) is 67.0 Å². The van der Waals surface area contributed by atoms with Crippen molar-refractivity contribution in [3.05, 3.63) is 160 Å². The summed E-state index contributed by atoms with van der Waals surface area (Å²) in [5.74, 6) is 7.20. The van der Waals surface area contributed by atoms with Crippen LogP contribution in [0, 0.1) is 134 Å². The van der Waals surface area contributed by atoms with Gasteiger partial charge in [-0.1, -0.05) is 305 Å². The van der Waals surface area contributed by atoms with E-state index in [-0.39, 0.29) is 29.5 Å². The maximum absolute atomic E-state index is 13.1. The van der Waals surface area contributed by atoms with Crippen molar-refractivity contribution in [2.75, 3.05) is 26.2 Å². The van der Waals surface area contributed by atoms with E-state index < -0.39 is 53.7 Å². The predicted molar refractivity (Wildman–Crippen MR) is 523 cm³/mol. The summed E-state index contributed by atoms with van der Waals surface area (Å²) in [4.78, 5) is 4.87. The highest BCUT2D eigenvalue weighted by Crippen LogP contribution is 2.70. The maximum atomic E-state index is 13.1. The van der Waals surface area contributed by atoms with E-state index in [4.69, 9.17) is 11.6 Å². The second kappa shape index (κ2) is 50.9. The molecule has 4 unspecified atom stereocenters. The van der Waals surface area contributed by atoms with Gasteiger partial charge in [-0.15, -0.1) is 13.2 Å². The quantitative estimate of drug-likeness (QED) is 0.0729. The minimum absolute atomic E-state index is 0.0621. The van der Waals surface area contributed by atoms with Crippen LogP contribution in [0.15, 0.2) is 133 Å². The number of nitrogens with zero attached hydrogens (tertiary/aromatic N) is 2. The van der Waals surface area contributed by atoms with Crippen molar-refractivity contribution in [3.8, 4) is 5.75 Å². The van der Waals surface area contributed by atoms with E-state index in [0.717, 1.165) is 166 Å². The average Bonchev–Trinajstić information content (AvgIpc) is 1.55. The van der Waals surface area contributed by atoms with Gasteiger partial charge in [-0.3, -0.25) is 9.80 Å². The normalized spacial score (nSPS) is 28.0. The van der Waals surface area contributed by atoms with Gasteiger partial charge in [-0.2, -0.15) is 26.3 Å². The van der Waals surface area contributed by atoms with Gasteiger partial charge in [0.15, 0.2) is 0 Å². The first-order valence-corrected chi connectivity index (χ1v) is 51.9. The van der Waals surface area contributed by atoms with Crippen molar-refractivity contribution in [3.63, 3.8) is 0 Å². The minimum Gasteiger partial charge on any atom is -0.406 e. The molecular weight excluding hydrogens is 1700 g/mol. The molecule has 15 rings (SSSR count). The van der Waals surface area contributed by atoms with Gasteiger partial charge < -0.3 is 4.74 Å². The molecule has 746 valence electrons. The van der Waals surface area contributed by atoms with Crippen LogP contribution in [0.25, 0.3) is 0 Å². The SMILES string of the molecule is CC(C)C1(C(F)F)CCCCC1.CC(C)C1(C)CC=CCC1.CC(C)C1(C)CCC(C(F)(F)F)CC1.CC(C)C1(C)CCC2(CC1)CC2(F)F.CC(C)C1CC=C(C2CC2)CC1.CC(C)C1CCC(C(F)(F)F)CC1.CC(C)C1CN(C(c2ccccc2)c2cccc(Cl)c2)C1.CC(C)C1CN(C(c2ccccc2)c2cccc(OC(F)(F)F)c2)C1.CC1CCC(C(C)C)CC1. The van der Waals surface area contributed by atoms with E-state index in [0.29, 0.717) is 78.1 Å². The molecule has 11 aliphatic rings. The molecule has 3 nitrogen and oxygen atoms in total. The third-order valence-corrected chi connectivity index (χ3v) is 34.6. The lowest BCUT2D eigenvalue weighted by atomic mass is 9.64. The van der Waals surface area contributed by atoms with Crippen molar-refractivity contribution in [1.82, 2.24) is 9.80 Å². The molecule has 4 atom stereocenters. The van der Waals surface area contributed by atoms with Gasteiger partial charge >= 0.3 is 18.7 Å². The topological polar surface area (TPSA) is 15.7 Å². The Bertz CT molecular complexity index is 3880. The van der Waals surface area contributed by atoms with E-state index in [9.17, 15) is 57.1 Å². The summed E-state index contributed by atoms with van der Waals surface area (Å²) in [5.41, 5.74) is 6.13. The monoisotopic (exact) mass is 1870 g/mol. The van der Waals surface area contributed by atoms with Crippen LogP contribution in [0.4, 0.5) is 57.1 Å². The zero-order valence-corrected chi connectivity index (χ0v) is 85.6. The van der Waals surface area contributed by atoms with Crippen LogP contribution in [0.1, 0.15) is 379 Å². The molecule has 1 spiro atoms. The molecule has 9 fully saturated rings. The van der Waals surface area contributed by atoms with Crippen molar-refractivity contribution in [2.24, 2.45) is 134 Å². The van der Waals surface area contributed by atoms with Crippen LogP contribution in [0.3, 0.4) is 0 Å². The number of hydrogen-bond acceptors (Lipinski definition) is 3. The number of allylic oxidation sites excluding steroid dienone is 4. The molecule has 131 heavy (non-hydrogen) atoms. The number of benzene rings is 4. The molecular formula is C114H176ClF13N2O. The van der Waals surface area contributed by atoms with E-state index in [2.05, 4.69) is 214 Å². The second-order valence-corrected chi connectivity index (χ2v) is 46.5. The Hall–Kier alpha value is -4.54. The molecule has 0 radical (unpaired) electrons. The molecule has 4 aromatic carbocycles. The van der Waals surface area contributed by atoms with Crippen LogP contribution in [0.5, 0.6) is 5.75 Å². The highest BCUT2D eigenvalue weighted by atomic mass is 35.5. The summed E-state index contributed by atoms with van der Waals surface area (Å²) in [6.07, 6.45) is 22.0. The summed E-state index contributed by atoms with van der Waals surface area (Å²) in [6, 6.07) is 35.5. The van der Waals surface area contributed by atoms with Crippen LogP contribution in [0.2, 0.25) is 5.02 Å². The van der Waals surface area contributed by atoms with Crippen molar-refractivity contribution < 1.29 is 61.8 Å². The first kappa shape index (κ1) is 113. The molecule has 7 saturated carbocycles. The predicted octanol–water partition coefficient (Wildman–Crippen LogP) is 37.4. The minimum atomic E-state index is -4.68. The molecule has 0 bridgehead atoms. The molecule has 9 aliphatic carbocycles. The van der Waals surface area contributed by atoms with E-state index in [1.165, 1.54) is 113 Å². The molecule has 2 heterocycles. The van der Waals surface area contributed by atoms with E-state index in [1.807, 2.05) is 62.4 Å². The lowest BCUT2D eigenvalue weighted by molar-refractivity contribution is -0.274. The third-order valence-electron chi connectivity index (χ3n) is 34.3. The highest BCUT2D eigenvalue weighted by molar-refractivity contribution is 6.30. The Morgan fingerprint density at radius 3 is 1.16 bits per heavy atom. The van der Waals surface area contributed by atoms with Crippen LogP contribution in [-0.2, 0) is 0 Å². The molecule has 0 N–H and O–H groups in total. The van der Waals surface area contributed by atoms with Gasteiger partial charge in [-0.25, -0.2) is 17.6 Å². The fourth-order valence-corrected chi connectivity index (χ4v) is 21.7. The molecule has 17 heteroatoms. The zero-order chi connectivity index (χ0) is 97.4. The molecule has 0 amide bonds. The van der Waals surface area contributed by atoms with E-state index in [1.54, 1.807) is 11.6 Å². The average molecular weight is 1870 g/mol. The van der Waals surface area contributed by atoms with E-state index >= 15 is 0 Å². The van der Waals surface area contributed by atoms with Crippen molar-refractivity contribution >= 4 is 11.6 Å². The Labute approximate surface area is 792 Å². The van der Waals surface area contributed by atoms with Crippen molar-refractivity contribution in [1.29, 1.82) is 0 Å². The summed E-state index contributed by atoms with van der Waals surface area (Å²) in [5, 5.41) is 0.814. The number of hydrogen-bond donors (Lipinski definition) is 0. The summed E-state index contributed by atoms with van der Waals surface area (Å²) < 4.78 is 168. The summed E-state index contributed by atoms with van der Waals surface area (Å²) in [7, 11) is 0. The van der Waals surface area contributed by atoms with Gasteiger partial charge in [0.05, 0.1) is 23.9 Å². The standard InChI is InChI=1S/C20H22F3NO.C19H22ClN.C12H20F2.C12H20.C11H19F3.C10H17F3.C10H18F2.C10H20.C10H18/c1-14(2)17-12-24(13-17)19(15-7-4-3-5-8-15)16-9-6-10-18(11-16)25-20(21,22)23;1-14(2)17-12-21(13-17)19(15-7-4-3-5-8-15)16-9-6-10-18(20)11-16;1-9(2)10(3)4-6-11(7-5-10)8-12(11,13)14;1-9(2)10-3-5-11(6-4-10)12-7-8-12;1-8(2)10(3)6-4-9(5-7-10)11(12,13)14;1-7(2)8-3-5-9(6-4-8)10(11,12)13;1-8(2)10(9(11)12)6-4-3-5-7-10;1-8(2)10-6-4-9(3)5-7-10;1-9(2)10(3)7-5-4-6-8-10/h3-11,14,17,19H,12-13H2,1-2H3;3-11,14,17,19H,12-13H2,1-2H3;9H,4-8H2,1-3H3;5,9-10,12H,3-4,6-8H2,1-2H3;8-9H,4-7H2,1-3H3;7-9H,3-6H2,1-2H3;8-9H,3-7H2,1-2H3;8-10H,4-7H2,1-3H3;4-5,9H,6-8H2,1-3H3. The van der Waals surface area contributed by atoms with Crippen molar-refractivity contribution in [2.45, 2.75) is 388 Å². The van der Waals surface area contributed by atoms with Gasteiger partial charge in [0.1, 0.15) is 5.75 Å². The Kier molecular flexibility index (Phi) is 44.1. The fourth-order valence-electron chi connectivity index (χ4n) is 21.5. The van der Waals surface area contributed by atoms with Gasteiger partial charge in [0.2, 0.25) is 6.43 Å². The number of halogens is 14. The summed E-state index contributed by atoms with van der Waals surface area (Å²) >= 11 is 6.20. The Morgan fingerprint density at radius 2 is 0.817 bits per heavy atom. The molecule has 2 saturated heterocycles. The molecule has 4 aromatic rings. The second-order valence-electron chi connectivity index (χ2n) is 46.1. The zero-order valence-electron chi connectivity index (χ0n) is 84.9. The lowest BCUT2D eigenvalue weighted by Gasteiger charge is -2.46. The number of alkyl halides is 13. The van der Waals surface area contributed by atoms with Gasteiger partial charge in [0.25, 0.3) is 5.92 Å². The Morgan fingerprint density at radius 1 is 0.405 bits per heavy atom. The van der Waals surface area contributed by atoms with Gasteiger partial charge in [0, 0.05) is 48.5 Å². The third kappa shape index (κ3) is 34.8. The maximum Gasteiger partial charge on any atom is 0.573 e. The lowest BCUT2D eigenvalue weighted by Crippen LogP contribution is -2.50. The Balaban J connectivity index is 0.000000205. The van der Waals surface area contributed by atoms with Crippen LogP contribution >= 0.6 is 11.6 Å². The van der Waals surface area contributed by atoms with Crippen LogP contribution < -0.4 is 4.74 Å². The fraction of sp³-hybridized carbons (Fsp3) is 0.754. The summed E-state index contributed by atoms with van der Waals surface area (Å²) in [6.45, 7) is 53.2. The molecule has 0 aromatic heterocycles. The van der Waals surface area contributed by atoms with Gasteiger partial charge in [-0.05, 0) is 312 Å². The molecule has 2 aliphatic heterocycles.